The maximum atomic E-state index is 15.4. The maximum absolute atomic E-state index is 15.4. The van der Waals surface area contributed by atoms with E-state index >= 15 is 4.39 Å². The van der Waals surface area contributed by atoms with E-state index in [1.54, 1.807) is 0 Å². The van der Waals surface area contributed by atoms with Gasteiger partial charge in [-0.3, -0.25) is 4.79 Å². The van der Waals surface area contributed by atoms with E-state index in [1.807, 2.05) is 0 Å². The van der Waals surface area contributed by atoms with Crippen LogP contribution in [0.2, 0.25) is 0 Å². The van der Waals surface area contributed by atoms with Gasteiger partial charge < -0.3 is 14.9 Å². The maximum Gasteiger partial charge on any atom is 0.303 e. The molecule has 0 bridgehead atoms. The third-order valence-electron chi connectivity index (χ3n) is 9.38. The smallest absolute Gasteiger partial charge is 0.303 e. The highest BCUT2D eigenvalue weighted by Crippen LogP contribution is 2.68. The molecule has 0 radical (unpaired) electrons. The summed E-state index contributed by atoms with van der Waals surface area (Å²) < 4.78 is 20.6. The lowest BCUT2D eigenvalue weighted by atomic mass is 9.43. The molecule has 0 heterocycles. The number of terminal acetylenes is 1. The van der Waals surface area contributed by atoms with Crippen LogP contribution in [0, 0.1) is 46.8 Å². The highest BCUT2D eigenvalue weighted by molar-refractivity contribution is 5.66. The molecule has 2 N–H and O–H groups in total. The monoisotopic (exact) mass is 392 g/mol. The van der Waals surface area contributed by atoms with Crippen LogP contribution in [0.15, 0.2) is 0 Å². The van der Waals surface area contributed by atoms with E-state index in [9.17, 15) is 15.0 Å². The van der Waals surface area contributed by atoms with Crippen molar-refractivity contribution in [3.63, 3.8) is 0 Å². The lowest BCUT2D eigenvalue weighted by Gasteiger charge is -2.63. The van der Waals surface area contributed by atoms with Crippen molar-refractivity contribution < 1.29 is 24.1 Å². The topological polar surface area (TPSA) is 66.8 Å². The Morgan fingerprint density at radius 1 is 1.14 bits per heavy atom. The first-order valence-electron chi connectivity index (χ1n) is 10.8. The molecule has 0 aliphatic heterocycles. The zero-order valence-electron chi connectivity index (χ0n) is 17.2. The fourth-order valence-corrected chi connectivity index (χ4v) is 7.79. The summed E-state index contributed by atoms with van der Waals surface area (Å²) in [6.45, 7) is 5.57. The van der Waals surface area contributed by atoms with Crippen LogP contribution in [-0.2, 0) is 9.53 Å². The molecule has 156 valence electrons. The van der Waals surface area contributed by atoms with Crippen LogP contribution in [0.4, 0.5) is 4.39 Å². The van der Waals surface area contributed by atoms with Crippen molar-refractivity contribution in [1.82, 2.24) is 0 Å². The van der Waals surface area contributed by atoms with E-state index in [0.29, 0.717) is 19.3 Å². The molecular formula is C23H33FO4. The summed E-state index contributed by atoms with van der Waals surface area (Å²) in [6, 6.07) is 0. The first kappa shape index (κ1) is 20.2. The fourth-order valence-electron chi connectivity index (χ4n) is 7.79. The molecule has 0 aromatic carbocycles. The number of esters is 1. The number of carbonyl (C=O) groups excluding carboxylic acids is 1. The number of carbonyl (C=O) groups is 1. The lowest BCUT2D eigenvalue weighted by molar-refractivity contribution is -0.206. The highest BCUT2D eigenvalue weighted by atomic mass is 19.1. The number of fused-ring (bicyclic) bond motifs is 5. The zero-order valence-corrected chi connectivity index (χ0v) is 17.2. The number of rotatable bonds is 1. The highest BCUT2D eigenvalue weighted by Gasteiger charge is 2.67. The van der Waals surface area contributed by atoms with E-state index in [1.165, 1.54) is 6.92 Å². The normalized spacial score (nSPS) is 55.4. The number of aliphatic hydroxyl groups is 2. The standard InChI is InChI=1S/C23H33FO4/c1-5-23(27)11-7-15-19-14(6-10-22(15,23)4)21(3)9-8-18(28-13(2)25)20(24)16(21)12-17(19)26/h1,14-20,26-27H,6-12H2,2-4H3/t14-,15+,16?,17?,18?,19-,20?,21-,22+,23?/m1/s1. The summed E-state index contributed by atoms with van der Waals surface area (Å²) >= 11 is 0. The Morgan fingerprint density at radius 2 is 1.82 bits per heavy atom. The molecule has 4 fully saturated rings. The Hall–Kier alpha value is -1.12. The van der Waals surface area contributed by atoms with Gasteiger partial charge >= 0.3 is 5.97 Å². The molecule has 5 unspecified atom stereocenters. The van der Waals surface area contributed by atoms with Crippen LogP contribution >= 0.6 is 0 Å². The molecular weight excluding hydrogens is 359 g/mol. The molecule has 0 amide bonds. The van der Waals surface area contributed by atoms with Crippen LogP contribution in [0.25, 0.3) is 0 Å². The van der Waals surface area contributed by atoms with Crippen molar-refractivity contribution >= 4 is 5.97 Å². The molecule has 0 aromatic rings. The second kappa shape index (κ2) is 6.44. The molecule has 4 rings (SSSR count). The van der Waals surface area contributed by atoms with Gasteiger partial charge in [-0.1, -0.05) is 19.8 Å². The molecule has 0 aromatic heterocycles. The average Bonchev–Trinajstić information content (AvgIpc) is 2.91. The number of ether oxygens (including phenoxy) is 1. The fraction of sp³-hybridized carbons (Fsp3) is 0.870. The van der Waals surface area contributed by atoms with Gasteiger partial charge in [-0.15, -0.1) is 6.42 Å². The Kier molecular flexibility index (Phi) is 4.64. The van der Waals surface area contributed by atoms with Crippen LogP contribution in [0.1, 0.15) is 65.7 Å². The second-order valence-electron chi connectivity index (χ2n) is 10.3. The summed E-state index contributed by atoms with van der Waals surface area (Å²) in [6.07, 6.45) is 7.91. The molecule has 4 aliphatic carbocycles. The van der Waals surface area contributed by atoms with Crippen molar-refractivity contribution in [2.24, 2.45) is 34.5 Å². The van der Waals surface area contributed by atoms with Gasteiger partial charge in [0.2, 0.25) is 0 Å². The Balaban J connectivity index is 1.64. The van der Waals surface area contributed by atoms with Crippen molar-refractivity contribution in [2.45, 2.75) is 89.7 Å². The molecule has 28 heavy (non-hydrogen) atoms. The van der Waals surface area contributed by atoms with Crippen molar-refractivity contribution in [3.8, 4) is 12.3 Å². The van der Waals surface area contributed by atoms with Gasteiger partial charge in [0.05, 0.1) is 6.10 Å². The molecule has 0 saturated heterocycles. The van der Waals surface area contributed by atoms with Gasteiger partial charge in [0.15, 0.2) is 0 Å². The number of aliphatic hydroxyl groups excluding tert-OH is 1. The summed E-state index contributed by atoms with van der Waals surface area (Å²) in [5, 5.41) is 22.2. The Bertz CT molecular complexity index is 703. The number of halogens is 1. The minimum atomic E-state index is -1.24. The van der Waals surface area contributed by atoms with Crippen LogP contribution in [0.5, 0.6) is 0 Å². The minimum Gasteiger partial charge on any atom is -0.459 e. The quantitative estimate of drug-likeness (QED) is 0.531. The van der Waals surface area contributed by atoms with E-state index in [2.05, 4.69) is 19.8 Å². The Labute approximate surface area is 167 Å². The van der Waals surface area contributed by atoms with Gasteiger partial charge in [0.1, 0.15) is 17.9 Å². The van der Waals surface area contributed by atoms with Crippen LogP contribution < -0.4 is 0 Å². The average molecular weight is 393 g/mol. The molecule has 5 heteroatoms. The van der Waals surface area contributed by atoms with Gasteiger partial charge in [-0.05, 0) is 68.1 Å². The Morgan fingerprint density at radius 3 is 2.46 bits per heavy atom. The molecule has 4 nitrogen and oxygen atoms in total. The molecule has 0 spiro atoms. The summed E-state index contributed by atoms with van der Waals surface area (Å²) in [4.78, 5) is 11.4. The lowest BCUT2D eigenvalue weighted by Crippen LogP contribution is -2.62. The van der Waals surface area contributed by atoms with E-state index in [-0.39, 0.29) is 29.1 Å². The van der Waals surface area contributed by atoms with Gasteiger partial charge in [0.25, 0.3) is 0 Å². The van der Waals surface area contributed by atoms with E-state index in [0.717, 1.165) is 25.7 Å². The number of hydrogen-bond acceptors (Lipinski definition) is 4. The third kappa shape index (κ3) is 2.53. The largest absolute Gasteiger partial charge is 0.459 e. The predicted octanol–water partition coefficient (Wildman–Crippen LogP) is 3.24. The SMILES string of the molecule is C#CC1(O)CC[C@H]2[C@@H]3C(O)CC4C(F)C(OC(C)=O)CC[C@]4(C)[C@@H]3CC[C@@]21C. The van der Waals surface area contributed by atoms with Gasteiger partial charge in [-0.25, -0.2) is 4.39 Å². The molecule has 4 aliphatic rings. The van der Waals surface area contributed by atoms with E-state index < -0.39 is 35.4 Å². The van der Waals surface area contributed by atoms with Crippen LogP contribution in [0.3, 0.4) is 0 Å². The molecule has 4 saturated carbocycles. The second-order valence-corrected chi connectivity index (χ2v) is 10.3. The van der Waals surface area contributed by atoms with Gasteiger partial charge in [-0.2, -0.15) is 0 Å². The summed E-state index contributed by atoms with van der Waals surface area (Å²) in [7, 11) is 0. The predicted molar refractivity (Wildman–Crippen MR) is 103 cm³/mol. The summed E-state index contributed by atoms with van der Waals surface area (Å²) in [5.74, 6) is 2.30. The number of hydrogen-bond donors (Lipinski definition) is 2. The zero-order chi connectivity index (χ0) is 20.5. The minimum absolute atomic E-state index is 0.0415. The van der Waals surface area contributed by atoms with E-state index in [4.69, 9.17) is 11.2 Å². The number of alkyl halides is 1. The van der Waals surface area contributed by atoms with Crippen molar-refractivity contribution in [3.05, 3.63) is 0 Å². The summed E-state index contributed by atoms with van der Waals surface area (Å²) in [5.41, 5.74) is -1.73. The van der Waals surface area contributed by atoms with Crippen molar-refractivity contribution in [2.75, 3.05) is 0 Å². The van der Waals surface area contributed by atoms with Crippen LogP contribution in [-0.4, -0.2) is 40.2 Å². The third-order valence-corrected chi connectivity index (χ3v) is 9.38. The first-order valence-corrected chi connectivity index (χ1v) is 10.8. The first-order chi connectivity index (χ1) is 13.1. The molecule has 10 atom stereocenters. The van der Waals surface area contributed by atoms with Gasteiger partial charge in [0, 0.05) is 18.3 Å². The van der Waals surface area contributed by atoms with Crippen molar-refractivity contribution in [1.29, 1.82) is 0 Å².